The summed E-state index contributed by atoms with van der Waals surface area (Å²) in [6, 6.07) is 4.56. The van der Waals surface area contributed by atoms with E-state index in [-0.39, 0.29) is 0 Å². The van der Waals surface area contributed by atoms with Crippen LogP contribution in [0.4, 0.5) is 0 Å². The minimum Gasteiger partial charge on any atom is -0.310 e. The molecule has 0 saturated carbocycles. The fraction of sp³-hybridized carbons (Fsp3) is 0.467. The van der Waals surface area contributed by atoms with Gasteiger partial charge in [-0.05, 0) is 60.3 Å². The van der Waals surface area contributed by atoms with E-state index in [4.69, 9.17) is 4.98 Å². The first-order chi connectivity index (χ1) is 9.78. The highest BCUT2D eigenvalue weighted by Crippen LogP contribution is 2.32. The Morgan fingerprint density at radius 1 is 1.45 bits per heavy atom. The molecule has 1 aliphatic carbocycles. The van der Waals surface area contributed by atoms with Crippen LogP contribution in [0.5, 0.6) is 0 Å². The van der Waals surface area contributed by atoms with Crippen molar-refractivity contribution >= 4 is 27.3 Å². The summed E-state index contributed by atoms with van der Waals surface area (Å²) in [5.74, 6) is 0.857. The van der Waals surface area contributed by atoms with Crippen LogP contribution >= 0.6 is 27.3 Å². The number of thiophene rings is 1. The number of aryl methyl sites for hydroxylation is 1. The lowest BCUT2D eigenvalue weighted by Gasteiger charge is -2.25. The number of nitrogens with one attached hydrogen (secondary N) is 1. The van der Waals surface area contributed by atoms with Gasteiger partial charge in [-0.1, -0.05) is 6.92 Å². The molecule has 20 heavy (non-hydrogen) atoms. The number of halogens is 1. The zero-order valence-electron chi connectivity index (χ0n) is 11.5. The summed E-state index contributed by atoms with van der Waals surface area (Å²) in [7, 11) is 0. The van der Waals surface area contributed by atoms with Crippen molar-refractivity contribution < 1.29 is 0 Å². The molecule has 2 aromatic rings. The molecule has 0 radical (unpaired) electrons. The molecule has 0 saturated heterocycles. The topological polar surface area (TPSA) is 37.8 Å². The molecule has 0 aliphatic heterocycles. The number of hydrogen-bond acceptors (Lipinski definition) is 4. The van der Waals surface area contributed by atoms with Crippen molar-refractivity contribution in [3.63, 3.8) is 0 Å². The van der Waals surface area contributed by atoms with E-state index in [1.54, 1.807) is 11.3 Å². The first kappa shape index (κ1) is 14.2. The van der Waals surface area contributed by atoms with Gasteiger partial charge in [-0.3, -0.25) is 0 Å². The Hall–Kier alpha value is -0.780. The summed E-state index contributed by atoms with van der Waals surface area (Å²) < 4.78 is 1.12. The number of rotatable bonds is 4. The van der Waals surface area contributed by atoms with E-state index < -0.39 is 0 Å². The van der Waals surface area contributed by atoms with Gasteiger partial charge in [-0.15, -0.1) is 11.3 Å². The number of fused-ring (bicyclic) bond motifs is 1. The van der Waals surface area contributed by atoms with Gasteiger partial charge in [0.1, 0.15) is 0 Å². The van der Waals surface area contributed by atoms with Crippen LogP contribution in [0.1, 0.15) is 43.5 Å². The van der Waals surface area contributed by atoms with Crippen molar-refractivity contribution in [3.05, 3.63) is 33.4 Å². The first-order valence-electron chi connectivity index (χ1n) is 7.13. The van der Waals surface area contributed by atoms with Gasteiger partial charge in [0.2, 0.25) is 0 Å². The fourth-order valence-electron chi connectivity index (χ4n) is 2.63. The summed E-state index contributed by atoms with van der Waals surface area (Å²) in [6.45, 7) is 3.26. The maximum Gasteiger partial charge on any atom is 0.169 e. The SMILES string of the molecule is CCCNC1CCCc2nc(-c3ccc(Br)s3)ncc21. The molecule has 3 rings (SSSR count). The standard InChI is InChI=1S/C15H18BrN3S/c1-2-8-17-11-4-3-5-12-10(11)9-18-15(19-12)13-6-7-14(16)20-13/h6-7,9,11,17H,2-5,8H2,1H3. The van der Waals surface area contributed by atoms with Crippen LogP contribution in [-0.2, 0) is 6.42 Å². The van der Waals surface area contributed by atoms with Gasteiger partial charge in [0.05, 0.1) is 8.66 Å². The molecule has 2 heterocycles. The molecule has 0 fully saturated rings. The van der Waals surface area contributed by atoms with E-state index in [0.717, 1.165) is 33.9 Å². The molecular formula is C15H18BrN3S. The van der Waals surface area contributed by atoms with Crippen LogP contribution in [0.25, 0.3) is 10.7 Å². The van der Waals surface area contributed by atoms with Crippen LogP contribution < -0.4 is 5.32 Å². The van der Waals surface area contributed by atoms with E-state index in [9.17, 15) is 0 Å². The Balaban J connectivity index is 1.88. The third-order valence-electron chi connectivity index (χ3n) is 3.62. The molecule has 1 unspecified atom stereocenters. The minimum atomic E-state index is 0.433. The van der Waals surface area contributed by atoms with Gasteiger partial charge in [-0.2, -0.15) is 0 Å². The van der Waals surface area contributed by atoms with E-state index in [1.807, 2.05) is 6.20 Å². The second-order valence-corrected chi connectivity index (χ2v) is 7.56. The molecule has 0 amide bonds. The Bertz CT molecular complexity index is 597. The monoisotopic (exact) mass is 351 g/mol. The van der Waals surface area contributed by atoms with Crippen molar-refractivity contribution in [1.82, 2.24) is 15.3 Å². The smallest absolute Gasteiger partial charge is 0.169 e. The first-order valence-corrected chi connectivity index (χ1v) is 8.73. The lowest BCUT2D eigenvalue weighted by molar-refractivity contribution is 0.454. The van der Waals surface area contributed by atoms with E-state index >= 15 is 0 Å². The van der Waals surface area contributed by atoms with Crippen LogP contribution in [0.2, 0.25) is 0 Å². The quantitative estimate of drug-likeness (QED) is 0.889. The third-order valence-corrected chi connectivity index (χ3v) is 5.24. The molecule has 0 spiro atoms. The third kappa shape index (κ3) is 2.95. The molecule has 1 atom stereocenters. The second kappa shape index (κ2) is 6.33. The molecule has 5 heteroatoms. The Kier molecular flexibility index (Phi) is 4.48. The Morgan fingerprint density at radius 2 is 2.35 bits per heavy atom. The van der Waals surface area contributed by atoms with Crippen molar-refractivity contribution in [2.45, 2.75) is 38.6 Å². The highest BCUT2D eigenvalue weighted by atomic mass is 79.9. The predicted octanol–water partition coefficient (Wildman–Crippen LogP) is 4.34. The normalized spacial score (nSPS) is 18.0. The van der Waals surface area contributed by atoms with Gasteiger partial charge >= 0.3 is 0 Å². The van der Waals surface area contributed by atoms with Gasteiger partial charge in [0.15, 0.2) is 5.82 Å². The number of aromatic nitrogens is 2. The summed E-state index contributed by atoms with van der Waals surface area (Å²) in [4.78, 5) is 10.5. The maximum absolute atomic E-state index is 4.79. The van der Waals surface area contributed by atoms with Crippen molar-refractivity contribution in [1.29, 1.82) is 0 Å². The highest BCUT2D eigenvalue weighted by Gasteiger charge is 2.22. The second-order valence-electron chi connectivity index (χ2n) is 5.10. The largest absolute Gasteiger partial charge is 0.310 e. The maximum atomic E-state index is 4.79. The average Bonchev–Trinajstić information content (AvgIpc) is 2.91. The zero-order chi connectivity index (χ0) is 13.9. The molecular weight excluding hydrogens is 334 g/mol. The number of hydrogen-bond donors (Lipinski definition) is 1. The van der Waals surface area contributed by atoms with Crippen LogP contribution in [-0.4, -0.2) is 16.5 Å². The van der Waals surface area contributed by atoms with Gasteiger partial charge in [0.25, 0.3) is 0 Å². The van der Waals surface area contributed by atoms with Crippen molar-refractivity contribution in [2.24, 2.45) is 0 Å². The van der Waals surface area contributed by atoms with Crippen molar-refractivity contribution in [3.8, 4) is 10.7 Å². The van der Waals surface area contributed by atoms with Crippen LogP contribution in [0.15, 0.2) is 22.1 Å². The summed E-state index contributed by atoms with van der Waals surface area (Å²) in [6.07, 6.45) is 6.66. The molecule has 3 nitrogen and oxygen atoms in total. The van der Waals surface area contributed by atoms with Crippen molar-refractivity contribution in [2.75, 3.05) is 6.54 Å². The summed E-state index contributed by atoms with van der Waals surface area (Å²) >= 11 is 5.18. The molecule has 0 aromatic carbocycles. The minimum absolute atomic E-state index is 0.433. The summed E-state index contributed by atoms with van der Waals surface area (Å²) in [5.41, 5.74) is 2.52. The highest BCUT2D eigenvalue weighted by molar-refractivity contribution is 9.11. The molecule has 2 aromatic heterocycles. The van der Waals surface area contributed by atoms with Crippen LogP contribution in [0.3, 0.4) is 0 Å². The van der Waals surface area contributed by atoms with Gasteiger partial charge in [0, 0.05) is 23.5 Å². The molecule has 1 N–H and O–H groups in total. The Morgan fingerprint density at radius 3 is 3.10 bits per heavy atom. The predicted molar refractivity (Wildman–Crippen MR) is 87.0 cm³/mol. The molecule has 0 bridgehead atoms. The summed E-state index contributed by atoms with van der Waals surface area (Å²) in [5, 5.41) is 3.61. The van der Waals surface area contributed by atoms with E-state index in [2.05, 4.69) is 45.3 Å². The Labute approximate surface area is 132 Å². The van der Waals surface area contributed by atoms with E-state index in [1.165, 1.54) is 24.1 Å². The number of nitrogens with zero attached hydrogens (tertiary/aromatic N) is 2. The molecule has 106 valence electrons. The fourth-order valence-corrected chi connectivity index (χ4v) is 3.96. The average molecular weight is 352 g/mol. The van der Waals surface area contributed by atoms with Crippen LogP contribution in [0, 0.1) is 0 Å². The van der Waals surface area contributed by atoms with Gasteiger partial charge in [-0.25, -0.2) is 9.97 Å². The molecule has 1 aliphatic rings. The zero-order valence-corrected chi connectivity index (χ0v) is 13.9. The van der Waals surface area contributed by atoms with E-state index in [0.29, 0.717) is 6.04 Å². The van der Waals surface area contributed by atoms with Gasteiger partial charge < -0.3 is 5.32 Å². The lowest BCUT2D eigenvalue weighted by atomic mass is 9.92. The lowest BCUT2D eigenvalue weighted by Crippen LogP contribution is -2.26.